The monoisotopic (exact) mass is 578 g/mol. The smallest absolute Gasteiger partial charge is 0.339 e. The summed E-state index contributed by atoms with van der Waals surface area (Å²) >= 11 is 7.66. The van der Waals surface area contributed by atoms with Gasteiger partial charge in [-0.1, -0.05) is 49.6 Å². The normalized spacial score (nSPS) is 13.4. The van der Waals surface area contributed by atoms with Crippen LogP contribution in [0.4, 0.5) is 16.2 Å². The number of rotatable bonds is 12. The highest BCUT2D eigenvalue weighted by atomic mass is 35.5. The number of nitrogens with one attached hydrogen (secondary N) is 2. The zero-order chi connectivity index (χ0) is 28.5. The quantitative estimate of drug-likeness (QED) is 0.124. The van der Waals surface area contributed by atoms with Gasteiger partial charge in [-0.2, -0.15) is 5.10 Å². The number of hydrogen-bond donors (Lipinski definition) is 3. The van der Waals surface area contributed by atoms with Crippen LogP contribution in [0, 0.1) is 0 Å². The molecule has 0 aromatic heterocycles. The van der Waals surface area contributed by atoms with Crippen LogP contribution in [0.5, 0.6) is 0 Å². The second kappa shape index (κ2) is 14.0. The first-order valence-corrected chi connectivity index (χ1v) is 14.5. The lowest BCUT2D eigenvalue weighted by Crippen LogP contribution is -2.33. The van der Waals surface area contributed by atoms with Gasteiger partial charge in [-0.05, 0) is 79.1 Å². The number of benzene rings is 3. The average molecular weight is 579 g/mol. The minimum Gasteiger partial charge on any atom is -0.478 e. The number of fused-ring (bicyclic) bond motifs is 1. The van der Waals surface area contributed by atoms with E-state index in [1.807, 2.05) is 30.3 Å². The number of aryl methyl sites for hydroxylation is 1. The Bertz CT molecular complexity index is 1410. The number of carboxylic acids is 1. The molecule has 8 nitrogen and oxygen atoms in total. The van der Waals surface area contributed by atoms with E-state index in [2.05, 4.69) is 22.8 Å². The van der Waals surface area contributed by atoms with E-state index in [1.54, 1.807) is 53.1 Å². The number of anilines is 2. The number of unbranched alkanes of at least 4 members (excludes halogenated alkanes) is 2. The zero-order valence-electron chi connectivity index (χ0n) is 22.2. The Kier molecular flexibility index (Phi) is 10.2. The molecule has 3 aromatic rings. The van der Waals surface area contributed by atoms with E-state index in [-0.39, 0.29) is 17.2 Å². The molecule has 3 N–H and O–H groups in total. The van der Waals surface area contributed by atoms with E-state index in [0.717, 1.165) is 54.0 Å². The molecule has 0 fully saturated rings. The fourth-order valence-corrected chi connectivity index (χ4v) is 5.42. The van der Waals surface area contributed by atoms with Crippen LogP contribution >= 0.6 is 23.4 Å². The van der Waals surface area contributed by atoms with Crippen LogP contribution < -0.4 is 15.6 Å². The van der Waals surface area contributed by atoms with Crippen molar-refractivity contribution in [1.82, 2.24) is 5.43 Å². The lowest BCUT2D eigenvalue weighted by molar-refractivity contribution is -0.112. The third-order valence-electron chi connectivity index (χ3n) is 6.38. The average Bonchev–Trinajstić information content (AvgIpc) is 3.20. The zero-order valence-corrected chi connectivity index (χ0v) is 23.7. The molecule has 0 radical (unpaired) electrons. The first-order valence-electron chi connectivity index (χ1n) is 13.2. The van der Waals surface area contributed by atoms with Crippen LogP contribution in [-0.4, -0.2) is 41.0 Å². The molecular weight excluding hydrogens is 548 g/mol. The van der Waals surface area contributed by atoms with Gasteiger partial charge < -0.3 is 15.3 Å². The summed E-state index contributed by atoms with van der Waals surface area (Å²) in [6.45, 7) is 2.70. The van der Waals surface area contributed by atoms with Crippen molar-refractivity contribution in [3.63, 3.8) is 0 Å². The lowest BCUT2D eigenvalue weighted by atomic mass is 10.1. The fourth-order valence-electron chi connectivity index (χ4n) is 4.34. The molecule has 1 aliphatic rings. The third kappa shape index (κ3) is 7.64. The SMILES string of the molecule is CCCCCN1C(=O)C(=NNC(=O)Nc2cccc(Cl)c2)c2cc(SCCCc3ccc(C(=O)O)cc3)ccc21. The topological polar surface area (TPSA) is 111 Å². The summed E-state index contributed by atoms with van der Waals surface area (Å²) in [4.78, 5) is 39.6. The largest absolute Gasteiger partial charge is 0.478 e. The molecule has 0 bridgehead atoms. The van der Waals surface area contributed by atoms with Crippen molar-refractivity contribution in [2.45, 2.75) is 43.9 Å². The molecule has 3 aromatic carbocycles. The van der Waals surface area contributed by atoms with Crippen molar-refractivity contribution in [2.24, 2.45) is 5.10 Å². The number of aromatic carboxylic acids is 1. The molecule has 0 saturated heterocycles. The number of carbonyl (C=O) groups excluding carboxylic acids is 2. The first-order chi connectivity index (χ1) is 19.4. The molecule has 208 valence electrons. The number of carboxylic acid groups (broad SMARTS) is 1. The van der Waals surface area contributed by atoms with Gasteiger partial charge in [0.1, 0.15) is 0 Å². The van der Waals surface area contributed by atoms with Crippen molar-refractivity contribution >= 4 is 58.4 Å². The summed E-state index contributed by atoms with van der Waals surface area (Å²) < 4.78 is 0. The molecule has 1 aliphatic heterocycles. The number of nitrogens with zero attached hydrogens (tertiary/aromatic N) is 2. The summed E-state index contributed by atoms with van der Waals surface area (Å²) in [7, 11) is 0. The standard InChI is InChI=1S/C30H31ClN4O4S/c1-2-3-4-16-35-26-15-14-24(40-17-6-7-20-10-12-21(13-11-20)29(37)38)19-25(26)27(28(35)36)33-34-30(39)32-23-9-5-8-22(31)18-23/h5,8-15,18-19H,2-4,6-7,16-17H2,1H3,(H,37,38)(H2,32,34,39). The molecule has 0 aliphatic carbocycles. The van der Waals surface area contributed by atoms with E-state index in [0.29, 0.717) is 22.8 Å². The maximum atomic E-state index is 13.3. The van der Waals surface area contributed by atoms with Crippen LogP contribution in [0.25, 0.3) is 0 Å². The molecular formula is C30H31ClN4O4S. The molecule has 0 spiro atoms. The van der Waals surface area contributed by atoms with Gasteiger partial charge in [0.05, 0.1) is 11.3 Å². The predicted molar refractivity (Wildman–Crippen MR) is 161 cm³/mol. The van der Waals surface area contributed by atoms with Crippen LogP contribution in [0.2, 0.25) is 5.02 Å². The van der Waals surface area contributed by atoms with Crippen molar-refractivity contribution in [2.75, 3.05) is 22.5 Å². The number of urea groups is 1. The number of hydrogen-bond acceptors (Lipinski definition) is 5. The first kappa shape index (κ1) is 29.2. The highest BCUT2D eigenvalue weighted by molar-refractivity contribution is 7.99. The van der Waals surface area contributed by atoms with Gasteiger partial charge in [-0.25, -0.2) is 15.0 Å². The van der Waals surface area contributed by atoms with Crippen molar-refractivity contribution in [3.05, 3.63) is 88.4 Å². The van der Waals surface area contributed by atoms with Gasteiger partial charge in [-0.3, -0.25) is 4.79 Å². The van der Waals surface area contributed by atoms with Gasteiger partial charge in [0.25, 0.3) is 5.91 Å². The van der Waals surface area contributed by atoms with E-state index >= 15 is 0 Å². The van der Waals surface area contributed by atoms with Crippen LogP contribution in [0.15, 0.2) is 76.7 Å². The minimum absolute atomic E-state index is 0.203. The minimum atomic E-state index is -0.930. The van der Waals surface area contributed by atoms with E-state index < -0.39 is 12.0 Å². The van der Waals surface area contributed by atoms with Crippen LogP contribution in [-0.2, 0) is 11.2 Å². The van der Waals surface area contributed by atoms with Crippen molar-refractivity contribution in [3.8, 4) is 0 Å². The summed E-state index contributed by atoms with van der Waals surface area (Å²) in [6.07, 6.45) is 4.67. The summed E-state index contributed by atoms with van der Waals surface area (Å²) in [5.74, 6) is -0.317. The lowest BCUT2D eigenvalue weighted by Gasteiger charge is -2.16. The molecule has 0 saturated carbocycles. The number of amides is 3. The van der Waals surface area contributed by atoms with Gasteiger partial charge in [0.2, 0.25) is 0 Å². The van der Waals surface area contributed by atoms with E-state index in [9.17, 15) is 14.4 Å². The number of hydrazone groups is 1. The highest BCUT2D eigenvalue weighted by Crippen LogP contribution is 2.34. The molecule has 3 amide bonds. The molecule has 4 rings (SSSR count). The summed E-state index contributed by atoms with van der Waals surface area (Å²) in [5.41, 5.74) is 6.03. The predicted octanol–water partition coefficient (Wildman–Crippen LogP) is 6.83. The van der Waals surface area contributed by atoms with Gasteiger partial charge in [0, 0.05) is 27.7 Å². The van der Waals surface area contributed by atoms with Gasteiger partial charge in [0.15, 0.2) is 5.71 Å². The molecule has 0 atom stereocenters. The number of halogens is 1. The van der Waals surface area contributed by atoms with E-state index in [1.165, 1.54) is 0 Å². The second-order valence-electron chi connectivity index (χ2n) is 9.33. The summed E-state index contributed by atoms with van der Waals surface area (Å²) in [5, 5.41) is 16.4. The van der Waals surface area contributed by atoms with Crippen molar-refractivity contribution in [1.29, 1.82) is 0 Å². The molecule has 0 unspecified atom stereocenters. The Morgan fingerprint density at radius 2 is 1.82 bits per heavy atom. The number of carbonyl (C=O) groups is 3. The van der Waals surface area contributed by atoms with Crippen LogP contribution in [0.1, 0.15) is 54.1 Å². The summed E-state index contributed by atoms with van der Waals surface area (Å²) in [6, 6.07) is 19.0. The maximum Gasteiger partial charge on any atom is 0.339 e. The van der Waals surface area contributed by atoms with Crippen molar-refractivity contribution < 1.29 is 19.5 Å². The Labute approximate surface area is 242 Å². The third-order valence-corrected chi connectivity index (χ3v) is 7.69. The van der Waals surface area contributed by atoms with Gasteiger partial charge in [-0.15, -0.1) is 11.8 Å². The maximum absolute atomic E-state index is 13.3. The molecule has 40 heavy (non-hydrogen) atoms. The Morgan fingerprint density at radius 3 is 2.55 bits per heavy atom. The molecule has 1 heterocycles. The Hall–Kier alpha value is -3.82. The highest BCUT2D eigenvalue weighted by Gasteiger charge is 2.34. The Balaban J connectivity index is 1.43. The molecule has 10 heteroatoms. The van der Waals surface area contributed by atoms with Crippen LogP contribution in [0.3, 0.4) is 0 Å². The Morgan fingerprint density at radius 1 is 1.02 bits per heavy atom. The fraction of sp³-hybridized carbons (Fsp3) is 0.267. The van der Waals surface area contributed by atoms with Gasteiger partial charge >= 0.3 is 12.0 Å². The second-order valence-corrected chi connectivity index (χ2v) is 10.9. The number of thioether (sulfide) groups is 1. The van der Waals surface area contributed by atoms with E-state index in [4.69, 9.17) is 16.7 Å².